The van der Waals surface area contributed by atoms with E-state index in [2.05, 4.69) is 13.0 Å². The molecule has 1 atom stereocenters. The minimum Gasteiger partial charge on any atom is -0.445 e. The molecule has 0 N–H and O–H groups in total. The molecule has 2 nitrogen and oxygen atoms in total. The monoisotopic (exact) mass is 240 g/mol. The zero-order valence-corrected chi connectivity index (χ0v) is 10.6. The number of para-hydroxylation sites is 1. The minimum atomic E-state index is -0.713. The largest absolute Gasteiger partial charge is 0.445 e. The Kier molecular flexibility index (Phi) is 2.51. The summed E-state index contributed by atoms with van der Waals surface area (Å²) in [6.07, 6.45) is 0.942. The normalized spacial score (nSPS) is 21.0. The van der Waals surface area contributed by atoms with Gasteiger partial charge >= 0.3 is 0 Å². The lowest BCUT2D eigenvalue weighted by Crippen LogP contribution is -2.31. The van der Waals surface area contributed by atoms with Crippen LogP contribution in [0.15, 0.2) is 48.5 Å². The van der Waals surface area contributed by atoms with E-state index in [-0.39, 0.29) is 0 Å². The first-order valence-corrected chi connectivity index (χ1v) is 6.28. The lowest BCUT2D eigenvalue weighted by molar-refractivity contribution is -0.0683. The van der Waals surface area contributed by atoms with Crippen LogP contribution in [0.3, 0.4) is 0 Å². The maximum absolute atomic E-state index is 6.08. The summed E-state index contributed by atoms with van der Waals surface area (Å²) < 4.78 is 12.1. The van der Waals surface area contributed by atoms with Crippen molar-refractivity contribution < 1.29 is 9.47 Å². The summed E-state index contributed by atoms with van der Waals surface area (Å²) in [7, 11) is 0. The Morgan fingerprint density at radius 2 is 1.72 bits per heavy atom. The molecule has 0 spiro atoms. The van der Waals surface area contributed by atoms with Crippen molar-refractivity contribution in [2.75, 3.05) is 0 Å². The summed E-state index contributed by atoms with van der Waals surface area (Å²) in [5.74, 6) is 1.00. The number of fused-ring (bicyclic) bond motifs is 1. The molecule has 0 aliphatic carbocycles. The van der Waals surface area contributed by atoms with Gasteiger partial charge in [-0.1, -0.05) is 49.4 Å². The molecule has 2 aromatic rings. The molecular weight excluding hydrogens is 224 g/mol. The summed E-state index contributed by atoms with van der Waals surface area (Å²) >= 11 is 0. The van der Waals surface area contributed by atoms with Crippen LogP contribution in [0.4, 0.5) is 0 Å². The van der Waals surface area contributed by atoms with Crippen LogP contribution >= 0.6 is 0 Å². The van der Waals surface area contributed by atoms with Crippen molar-refractivity contribution in [2.45, 2.75) is 26.1 Å². The highest BCUT2D eigenvalue weighted by Crippen LogP contribution is 2.45. The van der Waals surface area contributed by atoms with E-state index in [1.807, 2.05) is 49.4 Å². The van der Waals surface area contributed by atoms with E-state index in [1.54, 1.807) is 0 Å². The molecule has 1 aliphatic rings. The Morgan fingerprint density at radius 1 is 0.944 bits per heavy atom. The smallest absolute Gasteiger partial charge is 0.275 e. The maximum Gasteiger partial charge on any atom is 0.275 e. The van der Waals surface area contributed by atoms with Crippen molar-refractivity contribution in [1.29, 1.82) is 0 Å². The Balaban J connectivity index is 2.02. The van der Waals surface area contributed by atoms with Gasteiger partial charge in [-0.15, -0.1) is 0 Å². The number of ether oxygens (including phenoxy) is 2. The molecule has 1 unspecified atom stereocenters. The standard InChI is InChI=1S/C16H16O2/c1-3-12-8-7-11-14-15(12)18-16(2,17-14)13-9-5-4-6-10-13/h4-11H,3H2,1-2H3. The zero-order valence-electron chi connectivity index (χ0n) is 10.6. The molecule has 0 aromatic heterocycles. The van der Waals surface area contributed by atoms with Crippen molar-refractivity contribution in [3.05, 3.63) is 59.7 Å². The van der Waals surface area contributed by atoms with Crippen molar-refractivity contribution in [1.82, 2.24) is 0 Å². The lowest BCUT2D eigenvalue weighted by atomic mass is 10.1. The van der Waals surface area contributed by atoms with E-state index < -0.39 is 5.79 Å². The van der Waals surface area contributed by atoms with Gasteiger partial charge in [0.15, 0.2) is 11.5 Å². The number of rotatable bonds is 2. The van der Waals surface area contributed by atoms with Crippen LogP contribution in [0, 0.1) is 0 Å². The fraction of sp³-hybridized carbons (Fsp3) is 0.250. The molecule has 0 amide bonds. The third-order valence-corrected chi connectivity index (χ3v) is 3.34. The summed E-state index contributed by atoms with van der Waals surface area (Å²) in [6, 6.07) is 16.1. The van der Waals surface area contributed by atoms with Crippen LogP contribution < -0.4 is 9.47 Å². The molecule has 0 fully saturated rings. The van der Waals surface area contributed by atoms with E-state index >= 15 is 0 Å². The average molecular weight is 240 g/mol. The highest BCUT2D eigenvalue weighted by atomic mass is 16.7. The van der Waals surface area contributed by atoms with Gasteiger partial charge in [0.2, 0.25) is 0 Å². The molecule has 3 rings (SSSR count). The number of hydrogen-bond acceptors (Lipinski definition) is 2. The van der Waals surface area contributed by atoms with Crippen molar-refractivity contribution in [3.63, 3.8) is 0 Å². The lowest BCUT2D eigenvalue weighted by Gasteiger charge is -2.23. The Bertz CT molecular complexity index is 563. The van der Waals surface area contributed by atoms with E-state index in [0.717, 1.165) is 23.5 Å². The van der Waals surface area contributed by atoms with Gasteiger partial charge in [0, 0.05) is 12.5 Å². The average Bonchev–Trinajstić information content (AvgIpc) is 2.77. The van der Waals surface area contributed by atoms with Gasteiger partial charge in [0.25, 0.3) is 5.79 Å². The third kappa shape index (κ3) is 1.65. The van der Waals surface area contributed by atoms with Gasteiger partial charge < -0.3 is 9.47 Å². The molecule has 0 saturated carbocycles. The van der Waals surface area contributed by atoms with Crippen molar-refractivity contribution in [2.24, 2.45) is 0 Å². The van der Waals surface area contributed by atoms with Crippen molar-refractivity contribution >= 4 is 0 Å². The third-order valence-electron chi connectivity index (χ3n) is 3.34. The Hall–Kier alpha value is -1.96. The fourth-order valence-corrected chi connectivity index (χ4v) is 2.32. The summed E-state index contributed by atoms with van der Waals surface area (Å²) in [5.41, 5.74) is 2.22. The molecule has 1 heterocycles. The van der Waals surface area contributed by atoms with Crippen LogP contribution in [-0.2, 0) is 12.2 Å². The number of aryl methyl sites for hydroxylation is 1. The molecule has 0 bridgehead atoms. The molecule has 1 aliphatic heterocycles. The van der Waals surface area contributed by atoms with Gasteiger partial charge in [-0.05, 0) is 18.1 Å². The second-order valence-corrected chi connectivity index (χ2v) is 4.61. The minimum absolute atomic E-state index is 0.713. The highest BCUT2D eigenvalue weighted by molar-refractivity contribution is 5.50. The van der Waals surface area contributed by atoms with E-state index in [0.29, 0.717) is 0 Å². The predicted molar refractivity (Wildman–Crippen MR) is 70.9 cm³/mol. The first kappa shape index (κ1) is 11.1. The van der Waals surface area contributed by atoms with Gasteiger partial charge in [-0.2, -0.15) is 0 Å². The van der Waals surface area contributed by atoms with Crippen LogP contribution in [0.25, 0.3) is 0 Å². The molecule has 2 heteroatoms. The number of hydrogen-bond donors (Lipinski definition) is 0. The molecule has 0 saturated heterocycles. The van der Waals surface area contributed by atoms with E-state index in [1.165, 1.54) is 5.56 Å². The second-order valence-electron chi connectivity index (χ2n) is 4.61. The zero-order chi connectivity index (χ0) is 12.6. The molecule has 18 heavy (non-hydrogen) atoms. The summed E-state index contributed by atoms with van der Waals surface area (Å²) in [6.45, 7) is 4.08. The quantitative estimate of drug-likeness (QED) is 0.792. The first-order valence-electron chi connectivity index (χ1n) is 6.28. The van der Waals surface area contributed by atoms with Gasteiger partial charge in [-0.25, -0.2) is 0 Å². The van der Waals surface area contributed by atoms with Gasteiger partial charge in [0.1, 0.15) is 0 Å². The van der Waals surface area contributed by atoms with Gasteiger partial charge in [-0.3, -0.25) is 0 Å². The van der Waals surface area contributed by atoms with Crippen molar-refractivity contribution in [3.8, 4) is 11.5 Å². The number of benzene rings is 2. The Labute approximate surface area is 107 Å². The maximum atomic E-state index is 6.08. The van der Waals surface area contributed by atoms with Crippen LogP contribution in [-0.4, -0.2) is 0 Å². The van der Waals surface area contributed by atoms with E-state index in [4.69, 9.17) is 9.47 Å². The summed E-state index contributed by atoms with van der Waals surface area (Å²) in [4.78, 5) is 0. The predicted octanol–water partition coefficient (Wildman–Crippen LogP) is 3.89. The SMILES string of the molecule is CCc1cccc2c1OC(C)(c1ccccc1)O2. The topological polar surface area (TPSA) is 18.5 Å². The Morgan fingerprint density at radius 3 is 2.44 bits per heavy atom. The van der Waals surface area contributed by atoms with Crippen LogP contribution in [0.1, 0.15) is 25.0 Å². The molecular formula is C16H16O2. The van der Waals surface area contributed by atoms with Crippen LogP contribution in [0.2, 0.25) is 0 Å². The molecule has 0 radical (unpaired) electrons. The molecule has 92 valence electrons. The highest BCUT2D eigenvalue weighted by Gasteiger charge is 2.39. The van der Waals surface area contributed by atoms with Gasteiger partial charge in [0.05, 0.1) is 0 Å². The first-order chi connectivity index (χ1) is 8.73. The summed E-state index contributed by atoms with van der Waals surface area (Å²) in [5, 5.41) is 0. The molecule has 2 aromatic carbocycles. The van der Waals surface area contributed by atoms with Crippen LogP contribution in [0.5, 0.6) is 11.5 Å². The second kappa shape index (κ2) is 4.05. The van der Waals surface area contributed by atoms with E-state index in [9.17, 15) is 0 Å². The fourth-order valence-electron chi connectivity index (χ4n) is 2.32.